The second kappa shape index (κ2) is 28.9. The molecule has 0 radical (unpaired) electrons. The van der Waals surface area contributed by atoms with Crippen LogP contribution in [0.4, 0.5) is 0 Å². The SMILES string of the molecule is CCCC[C@H](NC(C)=O)C(=O)N[C@H]1CCC(=O)NCC[C@@H](C(=O)N[C@@H](Cc2ccc3ccccc3c2)C(N)=O)CC(=O)[C@H](CCCN=C(N)N)CC(=O)[C@@H](Cc2ccccc2)NC(=O)[C@H](Cc2cnc[nH]2)NC1=O. The number of guanidine groups is 1. The topological polar surface area (TPSA) is 345 Å². The molecule has 13 N–H and O–H groups in total. The van der Waals surface area contributed by atoms with Crippen LogP contribution in [-0.2, 0) is 62.4 Å². The van der Waals surface area contributed by atoms with Crippen LogP contribution in [0.15, 0.2) is 90.3 Å². The number of aromatic amines is 1. The van der Waals surface area contributed by atoms with Gasteiger partial charge in [-0.25, -0.2) is 4.98 Å². The highest BCUT2D eigenvalue weighted by molar-refractivity contribution is 5.98. The third-order valence-corrected chi connectivity index (χ3v) is 12.9. The number of hydrogen-bond donors (Lipinski definition) is 10. The molecule has 1 fully saturated rings. The first kappa shape index (κ1) is 56.9. The van der Waals surface area contributed by atoms with Crippen LogP contribution in [0.2, 0.25) is 0 Å². The van der Waals surface area contributed by atoms with E-state index in [4.69, 9.17) is 17.2 Å². The molecule has 3 aromatic carbocycles. The van der Waals surface area contributed by atoms with Crippen molar-refractivity contribution in [2.24, 2.45) is 34.0 Å². The van der Waals surface area contributed by atoms with E-state index in [9.17, 15) is 43.2 Å². The van der Waals surface area contributed by atoms with Gasteiger partial charge in [0.05, 0.1) is 12.4 Å². The number of nitrogens with zero attached hydrogens (tertiary/aromatic N) is 2. The molecule has 21 nitrogen and oxygen atoms in total. The number of amides is 7. The number of carbonyl (C=O) groups is 9. The predicted octanol–water partition coefficient (Wildman–Crippen LogP) is 1.21. The Morgan fingerprint density at radius 2 is 1.51 bits per heavy atom. The summed E-state index contributed by atoms with van der Waals surface area (Å²) in [5.41, 5.74) is 18.9. The molecule has 21 heteroatoms. The third-order valence-electron chi connectivity index (χ3n) is 12.9. The molecule has 7 atom stereocenters. The predicted molar refractivity (Wildman–Crippen MR) is 277 cm³/mol. The molecule has 1 aromatic heterocycles. The van der Waals surface area contributed by atoms with Crippen molar-refractivity contribution in [1.82, 2.24) is 41.9 Å². The minimum atomic E-state index is -1.41. The maximum atomic E-state index is 14.7. The number of imidazole rings is 1. The first-order valence-corrected chi connectivity index (χ1v) is 25.1. The van der Waals surface area contributed by atoms with Gasteiger partial charge in [-0.2, -0.15) is 0 Å². The van der Waals surface area contributed by atoms with Gasteiger partial charge in [-0.3, -0.25) is 48.1 Å². The monoisotopic (exact) mass is 1020 g/mol. The summed E-state index contributed by atoms with van der Waals surface area (Å²) >= 11 is 0. The minimum absolute atomic E-state index is 0.00342. The minimum Gasteiger partial charge on any atom is -0.370 e. The number of rotatable bonds is 19. The number of hydrogen-bond acceptors (Lipinski definition) is 11. The summed E-state index contributed by atoms with van der Waals surface area (Å²) in [6.07, 6.45) is 3.18. The molecule has 0 unspecified atom stereocenters. The maximum absolute atomic E-state index is 14.7. The highest BCUT2D eigenvalue weighted by Gasteiger charge is 2.35. The number of nitrogens with two attached hydrogens (primary N) is 3. The van der Waals surface area contributed by atoms with Gasteiger partial charge in [-0.05, 0) is 60.4 Å². The van der Waals surface area contributed by atoms with Gasteiger partial charge in [0.2, 0.25) is 41.4 Å². The zero-order chi connectivity index (χ0) is 53.6. The molecular weight excluding hydrogens is 949 g/mol. The van der Waals surface area contributed by atoms with Gasteiger partial charge >= 0.3 is 0 Å². The van der Waals surface area contributed by atoms with E-state index in [0.717, 1.165) is 16.3 Å². The van der Waals surface area contributed by atoms with Crippen LogP contribution >= 0.6 is 0 Å². The van der Waals surface area contributed by atoms with Crippen molar-refractivity contribution in [2.75, 3.05) is 13.1 Å². The summed E-state index contributed by atoms with van der Waals surface area (Å²) < 4.78 is 0. The standard InChI is InChI=1S/C53H70N12O9/c1-3-4-16-40(61-32(2)66)50(72)62-41-19-20-47(69)58-23-21-38(49(71)64-43(48(54)70)26-34-17-18-35-13-8-9-14-36(35)24-34)28-45(67)37(15-10-22-59-53(55)56)27-46(68)42(25-33-11-6-5-7-12-33)63-52(74)44(65-51(41)73)29-39-30-57-31-60-39/h5-9,11-14,17-18,24,30-31,37-38,40-44H,3-4,10,15-16,19-23,25-29H2,1-2H3,(H2,54,70)(H,57,60)(H,58,69)(H,61,66)(H,62,72)(H,63,74)(H,64,71)(H,65,73)(H4,55,56,59)/t37-,38-,40+,41+,42-,43+,44+/m1/s1. The zero-order valence-electron chi connectivity index (χ0n) is 42.0. The summed E-state index contributed by atoms with van der Waals surface area (Å²) in [5, 5.41) is 18.2. The van der Waals surface area contributed by atoms with Crippen LogP contribution in [0, 0.1) is 11.8 Å². The van der Waals surface area contributed by atoms with Gasteiger partial charge in [-0.15, -0.1) is 0 Å². The Bertz CT molecular complexity index is 2600. The second-order valence-electron chi connectivity index (χ2n) is 18.8. The molecule has 0 bridgehead atoms. The van der Waals surface area contributed by atoms with Gasteiger partial charge in [0.1, 0.15) is 30.0 Å². The van der Waals surface area contributed by atoms with Crippen LogP contribution in [0.25, 0.3) is 10.8 Å². The van der Waals surface area contributed by atoms with Crippen molar-refractivity contribution in [3.8, 4) is 0 Å². The lowest BCUT2D eigenvalue weighted by Crippen LogP contribution is -2.58. The summed E-state index contributed by atoms with van der Waals surface area (Å²) in [5.74, 6) is -8.16. The van der Waals surface area contributed by atoms with Crippen molar-refractivity contribution < 1.29 is 43.2 Å². The lowest BCUT2D eigenvalue weighted by molar-refractivity contribution is -0.135. The molecule has 1 aliphatic heterocycles. The number of primary amides is 1. The van der Waals surface area contributed by atoms with Gasteiger partial charge in [0.25, 0.3) is 0 Å². The number of H-pyrrole nitrogens is 1. The van der Waals surface area contributed by atoms with E-state index in [1.165, 1.54) is 19.4 Å². The van der Waals surface area contributed by atoms with Crippen LogP contribution in [-0.4, -0.2) is 112 Å². The van der Waals surface area contributed by atoms with E-state index in [1.807, 2.05) is 49.4 Å². The highest BCUT2D eigenvalue weighted by atomic mass is 16.2. The maximum Gasteiger partial charge on any atom is 0.243 e. The van der Waals surface area contributed by atoms with Gasteiger partial charge in [-0.1, -0.05) is 92.6 Å². The van der Waals surface area contributed by atoms with Gasteiger partial charge in [0, 0.05) is 75.8 Å². The van der Waals surface area contributed by atoms with Crippen molar-refractivity contribution >= 4 is 69.6 Å². The van der Waals surface area contributed by atoms with Crippen LogP contribution < -0.4 is 49.1 Å². The first-order valence-electron chi connectivity index (χ1n) is 25.1. The summed E-state index contributed by atoms with van der Waals surface area (Å²) in [7, 11) is 0. The fraction of sp³-hybridized carbons (Fsp3) is 0.453. The number of aromatic nitrogens is 2. The van der Waals surface area contributed by atoms with E-state index < -0.39 is 101 Å². The van der Waals surface area contributed by atoms with Gasteiger partial charge in [0.15, 0.2) is 11.7 Å². The number of aliphatic imine (C=N–C) groups is 1. The van der Waals surface area contributed by atoms with Crippen LogP contribution in [0.1, 0.15) is 94.9 Å². The van der Waals surface area contributed by atoms with Crippen molar-refractivity contribution in [2.45, 2.75) is 128 Å². The number of Topliss-reactive ketones (excluding diaryl/α,β-unsaturated/α-hetero) is 2. The van der Waals surface area contributed by atoms with E-state index >= 15 is 0 Å². The molecule has 4 aromatic rings. The highest BCUT2D eigenvalue weighted by Crippen LogP contribution is 2.23. The summed E-state index contributed by atoms with van der Waals surface area (Å²) in [6.45, 7) is 3.16. The number of ketones is 2. The van der Waals surface area contributed by atoms with Crippen LogP contribution in [0.5, 0.6) is 0 Å². The Morgan fingerprint density at radius 1 is 0.784 bits per heavy atom. The fourth-order valence-corrected chi connectivity index (χ4v) is 8.84. The molecule has 5 rings (SSSR count). The van der Waals surface area contributed by atoms with Crippen molar-refractivity contribution in [3.63, 3.8) is 0 Å². The number of nitrogens with one attached hydrogen (secondary N) is 7. The molecule has 0 spiro atoms. The molecule has 2 heterocycles. The smallest absolute Gasteiger partial charge is 0.243 e. The number of unbranched alkanes of at least 4 members (excludes halogenated alkanes) is 1. The Labute approximate surface area is 430 Å². The van der Waals surface area contributed by atoms with Crippen LogP contribution in [0.3, 0.4) is 0 Å². The first-order chi connectivity index (χ1) is 35.5. The molecule has 7 amide bonds. The Balaban J connectivity index is 1.52. The van der Waals surface area contributed by atoms with Crippen molar-refractivity contribution in [1.29, 1.82) is 0 Å². The quantitative estimate of drug-likeness (QED) is 0.0360. The van der Waals surface area contributed by atoms with Gasteiger partial charge < -0.3 is 54.1 Å². The van der Waals surface area contributed by atoms with Crippen molar-refractivity contribution in [3.05, 3.63) is 102 Å². The molecule has 74 heavy (non-hydrogen) atoms. The molecule has 0 aliphatic carbocycles. The fourth-order valence-electron chi connectivity index (χ4n) is 8.84. The normalized spacial score (nSPS) is 20.2. The lowest BCUT2D eigenvalue weighted by Gasteiger charge is -2.27. The van der Waals surface area contributed by atoms with E-state index in [-0.39, 0.29) is 83.3 Å². The molecule has 0 saturated carbocycles. The van der Waals surface area contributed by atoms with E-state index in [0.29, 0.717) is 24.1 Å². The summed E-state index contributed by atoms with van der Waals surface area (Å²) in [6, 6.07) is 15.9. The van der Waals surface area contributed by atoms with E-state index in [1.54, 1.807) is 30.3 Å². The number of fused-ring (bicyclic) bond motifs is 1. The Kier molecular flexibility index (Phi) is 22.2. The Hall–Kier alpha value is -7.97. The molecule has 1 aliphatic rings. The second-order valence-corrected chi connectivity index (χ2v) is 18.8. The number of carbonyl (C=O) groups excluding carboxylic acids is 9. The van der Waals surface area contributed by atoms with E-state index in [2.05, 4.69) is 46.9 Å². The molecular formula is C53H70N12O9. The molecule has 1 saturated heterocycles. The average Bonchev–Trinajstić information content (AvgIpc) is 3.89. The average molecular weight is 1020 g/mol. The Morgan fingerprint density at radius 3 is 2.20 bits per heavy atom. The largest absolute Gasteiger partial charge is 0.370 e. The molecule has 396 valence electrons. The number of benzene rings is 3. The zero-order valence-corrected chi connectivity index (χ0v) is 42.0. The lowest BCUT2D eigenvalue weighted by atomic mass is 9.84. The third kappa shape index (κ3) is 18.6. The summed E-state index contributed by atoms with van der Waals surface area (Å²) in [4.78, 5) is 136.